The minimum atomic E-state index is -4.44. The molecule has 2 aromatic heterocycles. The molecule has 0 radical (unpaired) electrons. The van der Waals surface area contributed by atoms with Crippen LogP contribution in [0, 0.1) is 0 Å². The van der Waals surface area contributed by atoms with Crippen molar-refractivity contribution in [2.24, 2.45) is 0 Å². The molecule has 12 heteroatoms. The highest BCUT2D eigenvalue weighted by atomic mass is 32.2. The number of hydrogen-bond acceptors (Lipinski definition) is 7. The Morgan fingerprint density at radius 3 is 2.33 bits per heavy atom. The highest BCUT2D eigenvalue weighted by Gasteiger charge is 2.32. The van der Waals surface area contributed by atoms with E-state index in [-0.39, 0.29) is 30.0 Å². The average molecular weight is 518 g/mol. The number of anilines is 2. The van der Waals surface area contributed by atoms with Gasteiger partial charge in [-0.2, -0.15) is 22.5 Å². The van der Waals surface area contributed by atoms with Crippen LogP contribution in [-0.4, -0.2) is 41.8 Å². The van der Waals surface area contributed by atoms with Crippen LogP contribution in [0.3, 0.4) is 0 Å². The van der Waals surface area contributed by atoms with Crippen molar-refractivity contribution < 1.29 is 26.0 Å². The molecule has 5 rings (SSSR count). The molecule has 3 N–H and O–H groups in total. The molecule has 1 aliphatic rings. The molecule has 0 amide bonds. The zero-order valence-corrected chi connectivity index (χ0v) is 19.7. The first kappa shape index (κ1) is 24.1. The first-order valence-electron chi connectivity index (χ1n) is 11.2. The second-order valence-electron chi connectivity index (χ2n) is 8.51. The molecule has 0 spiro atoms. The number of piperidine rings is 1. The number of pyridine rings is 1. The van der Waals surface area contributed by atoms with Crippen molar-refractivity contribution in [1.29, 1.82) is 0 Å². The van der Waals surface area contributed by atoms with Gasteiger partial charge in [0.05, 0.1) is 10.5 Å². The number of fused-ring (bicyclic) bond motifs is 1. The van der Waals surface area contributed by atoms with E-state index in [9.17, 15) is 21.6 Å². The molecule has 2 aromatic carbocycles. The number of nitrogens with zero attached hydrogens (tertiary/aromatic N) is 3. The Balaban J connectivity index is 1.22. The van der Waals surface area contributed by atoms with E-state index in [1.165, 1.54) is 10.4 Å². The first-order chi connectivity index (χ1) is 17.1. The van der Waals surface area contributed by atoms with Gasteiger partial charge in [0, 0.05) is 25.3 Å². The van der Waals surface area contributed by atoms with Gasteiger partial charge in [0.1, 0.15) is 11.3 Å². The van der Waals surface area contributed by atoms with Gasteiger partial charge >= 0.3 is 6.18 Å². The van der Waals surface area contributed by atoms with Crippen molar-refractivity contribution in [3.05, 3.63) is 66.4 Å². The van der Waals surface area contributed by atoms with Gasteiger partial charge in [0.2, 0.25) is 10.0 Å². The van der Waals surface area contributed by atoms with Crippen molar-refractivity contribution in [3.8, 4) is 11.1 Å². The third kappa shape index (κ3) is 4.86. The lowest BCUT2D eigenvalue weighted by Crippen LogP contribution is -2.42. The lowest BCUT2D eigenvalue weighted by atomic mass is 10.1. The molecule has 1 fully saturated rings. The summed E-state index contributed by atoms with van der Waals surface area (Å²) in [5, 5.41) is 3.09. The maximum absolute atomic E-state index is 13.2. The molecule has 1 saturated heterocycles. The standard InChI is InChI=1S/C24H22F3N5O3S/c25-24(26,27)17-4-8-22(29-14-17)30-18-9-11-32(12-10-18)36(33,34)19-5-1-15(2-6-19)16-3-7-21-20(13-16)31-23(28)35-21/h1-8,13-14,18H,9-12H2,(H2,28,31)(H,29,30). The molecule has 4 aromatic rings. The molecule has 0 atom stereocenters. The number of aromatic nitrogens is 2. The van der Waals surface area contributed by atoms with Crippen molar-refractivity contribution in [3.63, 3.8) is 0 Å². The van der Waals surface area contributed by atoms with Crippen LogP contribution < -0.4 is 11.1 Å². The highest BCUT2D eigenvalue weighted by molar-refractivity contribution is 7.89. The van der Waals surface area contributed by atoms with E-state index in [0.29, 0.717) is 29.8 Å². The Labute approximate surface area is 205 Å². The summed E-state index contributed by atoms with van der Waals surface area (Å²) in [5.74, 6) is 0.325. The van der Waals surface area contributed by atoms with E-state index in [1.807, 2.05) is 12.1 Å². The molecule has 3 heterocycles. The third-order valence-corrected chi connectivity index (χ3v) is 8.04. The van der Waals surface area contributed by atoms with Gasteiger partial charge in [-0.25, -0.2) is 13.4 Å². The maximum Gasteiger partial charge on any atom is 0.417 e. The summed E-state index contributed by atoms with van der Waals surface area (Å²) >= 11 is 0. The Kier molecular flexibility index (Phi) is 6.08. The summed E-state index contributed by atoms with van der Waals surface area (Å²) in [6.07, 6.45) is -2.66. The fourth-order valence-electron chi connectivity index (χ4n) is 4.19. The monoisotopic (exact) mass is 517 g/mol. The summed E-state index contributed by atoms with van der Waals surface area (Å²) in [6, 6.07) is 14.3. The summed E-state index contributed by atoms with van der Waals surface area (Å²) in [5.41, 5.74) is 7.64. The van der Waals surface area contributed by atoms with Gasteiger partial charge < -0.3 is 15.5 Å². The number of nitrogens with two attached hydrogens (primary N) is 1. The number of nitrogen functional groups attached to an aromatic ring is 1. The Bertz CT molecular complexity index is 1480. The minimum Gasteiger partial charge on any atom is -0.424 e. The van der Waals surface area contributed by atoms with Gasteiger partial charge in [-0.05, 0) is 60.4 Å². The molecule has 0 unspecified atom stereocenters. The van der Waals surface area contributed by atoms with E-state index < -0.39 is 21.8 Å². The third-order valence-electron chi connectivity index (χ3n) is 6.13. The second kappa shape index (κ2) is 9.10. The summed E-state index contributed by atoms with van der Waals surface area (Å²) in [4.78, 5) is 8.13. The molecule has 0 saturated carbocycles. The first-order valence-corrected chi connectivity index (χ1v) is 12.6. The quantitative estimate of drug-likeness (QED) is 0.392. The maximum atomic E-state index is 13.2. The van der Waals surface area contributed by atoms with E-state index in [1.54, 1.807) is 30.3 Å². The zero-order valence-electron chi connectivity index (χ0n) is 18.9. The topological polar surface area (TPSA) is 114 Å². The van der Waals surface area contributed by atoms with Crippen molar-refractivity contribution >= 4 is 33.0 Å². The number of halogens is 3. The predicted octanol–water partition coefficient (Wildman–Crippen LogP) is 4.76. The van der Waals surface area contributed by atoms with Crippen LogP contribution >= 0.6 is 0 Å². The number of benzene rings is 2. The molecule has 0 aliphatic carbocycles. The van der Waals surface area contributed by atoms with E-state index in [4.69, 9.17) is 10.2 Å². The number of hydrogen-bond donors (Lipinski definition) is 2. The molecule has 8 nitrogen and oxygen atoms in total. The fraction of sp³-hybridized carbons (Fsp3) is 0.250. The zero-order chi connectivity index (χ0) is 25.5. The normalized spacial score (nSPS) is 15.9. The lowest BCUT2D eigenvalue weighted by Gasteiger charge is -2.32. The molecular formula is C24H22F3N5O3S. The summed E-state index contributed by atoms with van der Waals surface area (Å²) in [6.45, 7) is 0.569. The molecular weight excluding hydrogens is 495 g/mol. The van der Waals surface area contributed by atoms with E-state index in [0.717, 1.165) is 23.4 Å². The smallest absolute Gasteiger partial charge is 0.417 e. The number of alkyl halides is 3. The van der Waals surface area contributed by atoms with Crippen molar-refractivity contribution in [2.45, 2.75) is 30.0 Å². The minimum absolute atomic E-state index is 0.0817. The predicted molar refractivity (Wildman–Crippen MR) is 128 cm³/mol. The Morgan fingerprint density at radius 2 is 1.69 bits per heavy atom. The van der Waals surface area contributed by atoms with Crippen LogP contribution in [0.5, 0.6) is 0 Å². The SMILES string of the molecule is Nc1nc2cc(-c3ccc(S(=O)(=O)N4CCC(Nc5ccc(C(F)(F)F)cn5)CC4)cc3)ccc2o1. The lowest BCUT2D eigenvalue weighted by molar-refractivity contribution is -0.137. The number of oxazole rings is 1. The Morgan fingerprint density at radius 1 is 1.00 bits per heavy atom. The average Bonchev–Trinajstić information content (AvgIpc) is 3.23. The van der Waals surface area contributed by atoms with Gasteiger partial charge in [-0.1, -0.05) is 18.2 Å². The van der Waals surface area contributed by atoms with Crippen LogP contribution in [0.2, 0.25) is 0 Å². The number of rotatable bonds is 5. The van der Waals surface area contributed by atoms with Gasteiger partial charge in [0.25, 0.3) is 6.01 Å². The van der Waals surface area contributed by atoms with Crippen LogP contribution in [0.25, 0.3) is 22.2 Å². The van der Waals surface area contributed by atoms with Crippen LogP contribution in [-0.2, 0) is 16.2 Å². The largest absolute Gasteiger partial charge is 0.424 e. The van der Waals surface area contributed by atoms with Crippen LogP contribution in [0.1, 0.15) is 18.4 Å². The molecule has 0 bridgehead atoms. The van der Waals surface area contributed by atoms with Gasteiger partial charge in [-0.3, -0.25) is 0 Å². The number of sulfonamides is 1. The summed E-state index contributed by atoms with van der Waals surface area (Å²) in [7, 11) is -3.69. The molecule has 36 heavy (non-hydrogen) atoms. The number of nitrogens with one attached hydrogen (secondary N) is 1. The highest BCUT2D eigenvalue weighted by Crippen LogP contribution is 2.30. The van der Waals surface area contributed by atoms with E-state index >= 15 is 0 Å². The van der Waals surface area contributed by atoms with Crippen LogP contribution in [0.4, 0.5) is 25.0 Å². The van der Waals surface area contributed by atoms with E-state index in [2.05, 4.69) is 15.3 Å². The Hall–Kier alpha value is -3.64. The van der Waals surface area contributed by atoms with Crippen LogP contribution in [0.15, 0.2) is 70.1 Å². The summed E-state index contributed by atoms with van der Waals surface area (Å²) < 4.78 is 71.1. The second-order valence-corrected chi connectivity index (χ2v) is 10.4. The van der Waals surface area contributed by atoms with Gasteiger partial charge in [-0.15, -0.1) is 0 Å². The van der Waals surface area contributed by atoms with Crippen molar-refractivity contribution in [2.75, 3.05) is 24.1 Å². The van der Waals surface area contributed by atoms with Crippen molar-refractivity contribution in [1.82, 2.24) is 14.3 Å². The fourth-order valence-corrected chi connectivity index (χ4v) is 5.66. The van der Waals surface area contributed by atoms with Gasteiger partial charge in [0.15, 0.2) is 5.58 Å². The molecule has 188 valence electrons. The molecule has 1 aliphatic heterocycles.